The molecule has 3 rings (SSSR count). The van der Waals surface area contributed by atoms with E-state index in [1.54, 1.807) is 0 Å². The smallest absolute Gasteiger partial charge is 0.283 e. The number of sulfonamides is 2. The molecule has 0 spiro atoms. The number of methoxy groups -OCH3 is 2. The van der Waals surface area contributed by atoms with Crippen molar-refractivity contribution >= 4 is 64.9 Å². The highest BCUT2D eigenvalue weighted by Gasteiger charge is 2.42. The highest BCUT2D eigenvalue weighted by atomic mass is 79.9. The van der Waals surface area contributed by atoms with Crippen molar-refractivity contribution in [3.8, 4) is 17.8 Å². The van der Waals surface area contributed by atoms with E-state index >= 15 is 0 Å². The van der Waals surface area contributed by atoms with Gasteiger partial charge in [-0.05, 0) is 40.2 Å². The molecule has 15 heteroatoms. The summed E-state index contributed by atoms with van der Waals surface area (Å²) in [6, 6.07) is 7.71. The van der Waals surface area contributed by atoms with Crippen LogP contribution in [-0.4, -0.2) is 41.0 Å². The Hall–Kier alpha value is -2.63. The van der Waals surface area contributed by atoms with Gasteiger partial charge >= 0.3 is 0 Å². The number of nitriles is 1. The lowest BCUT2D eigenvalue weighted by Gasteiger charge is -2.26. The van der Waals surface area contributed by atoms with Gasteiger partial charge in [0.1, 0.15) is 6.07 Å². The zero-order chi connectivity index (χ0) is 25.3. The first-order chi connectivity index (χ1) is 16.0. The van der Waals surface area contributed by atoms with Crippen LogP contribution < -0.4 is 13.2 Å². The van der Waals surface area contributed by atoms with Gasteiger partial charge in [-0.15, -0.1) is 0 Å². The van der Waals surface area contributed by atoms with Crippen LogP contribution in [0.3, 0.4) is 0 Å². The molecule has 3 aromatic rings. The molecule has 0 saturated heterocycles. The largest absolute Gasteiger partial charge is 0.480 e. The van der Waals surface area contributed by atoms with E-state index in [0.29, 0.717) is 0 Å². The van der Waals surface area contributed by atoms with Crippen LogP contribution in [0.5, 0.6) is 11.8 Å². The standard InChI is InChI=1S/C19H13BrCl2N4O6S2/c1-31-18-16(6-11(21)9-24-18)33(27,28)26(15-5-3-4-14(20)13(15)8-23)34(29,30)17-7-12(22)10-25-19(17)32-2/h3-7,9-10H,1-2H3. The number of hydrogen-bond acceptors (Lipinski definition) is 9. The molecule has 0 radical (unpaired) electrons. The lowest BCUT2D eigenvalue weighted by molar-refractivity contribution is 0.385. The molecule has 0 N–H and O–H groups in total. The Morgan fingerprint density at radius 3 is 1.82 bits per heavy atom. The second kappa shape index (κ2) is 9.93. The number of nitrogens with zero attached hydrogens (tertiary/aromatic N) is 4. The predicted octanol–water partition coefficient (Wildman–Crippen LogP) is 4.02. The van der Waals surface area contributed by atoms with Crippen LogP contribution >= 0.6 is 39.1 Å². The van der Waals surface area contributed by atoms with Gasteiger partial charge in [0.2, 0.25) is 11.8 Å². The SMILES string of the molecule is COc1ncc(Cl)cc1S(=O)(=O)N(c1cccc(Br)c1C#N)S(=O)(=O)c1cc(Cl)cnc1OC. The lowest BCUT2D eigenvalue weighted by atomic mass is 10.2. The number of halogens is 3. The van der Waals surface area contributed by atoms with E-state index in [1.165, 1.54) is 12.1 Å². The van der Waals surface area contributed by atoms with Crippen molar-refractivity contribution in [2.24, 2.45) is 0 Å². The molecule has 0 unspecified atom stereocenters. The summed E-state index contributed by atoms with van der Waals surface area (Å²) in [5, 5.41) is 9.49. The fourth-order valence-electron chi connectivity index (χ4n) is 2.83. The molecule has 178 valence electrons. The minimum absolute atomic E-state index is 0.0645. The van der Waals surface area contributed by atoms with E-state index in [1.807, 2.05) is 6.07 Å². The monoisotopic (exact) mass is 606 g/mol. The Bertz CT molecular complexity index is 1440. The minimum atomic E-state index is -5.04. The molecule has 0 amide bonds. The first kappa shape index (κ1) is 26.0. The van der Waals surface area contributed by atoms with Crippen LogP contribution in [-0.2, 0) is 20.0 Å². The summed E-state index contributed by atoms with van der Waals surface area (Å²) in [5.74, 6) is -0.844. The molecule has 0 saturated carbocycles. The summed E-state index contributed by atoms with van der Waals surface area (Å²) in [6.45, 7) is 0. The molecule has 1 aromatic carbocycles. The van der Waals surface area contributed by atoms with Crippen LogP contribution in [0.1, 0.15) is 5.56 Å². The third kappa shape index (κ3) is 4.64. The van der Waals surface area contributed by atoms with Crippen molar-refractivity contribution in [3.63, 3.8) is 0 Å². The van der Waals surface area contributed by atoms with Crippen molar-refractivity contribution in [1.29, 1.82) is 5.26 Å². The summed E-state index contributed by atoms with van der Waals surface area (Å²) < 4.78 is 65.9. The molecular weight excluding hydrogens is 595 g/mol. The third-order valence-electron chi connectivity index (χ3n) is 4.25. The summed E-state index contributed by atoms with van der Waals surface area (Å²) in [4.78, 5) is 6.30. The average Bonchev–Trinajstić information content (AvgIpc) is 2.79. The van der Waals surface area contributed by atoms with Crippen molar-refractivity contribution in [3.05, 3.63) is 62.8 Å². The first-order valence-corrected chi connectivity index (χ1v) is 13.3. The van der Waals surface area contributed by atoms with Crippen molar-refractivity contribution in [2.45, 2.75) is 9.79 Å². The summed E-state index contributed by atoms with van der Waals surface area (Å²) in [6.07, 6.45) is 2.25. The number of anilines is 1. The fourth-order valence-corrected chi connectivity index (χ4v) is 7.68. The zero-order valence-corrected chi connectivity index (χ0v) is 22.0. The molecule has 0 bridgehead atoms. The number of hydrogen-bond donors (Lipinski definition) is 0. The zero-order valence-electron chi connectivity index (χ0n) is 17.2. The van der Waals surface area contributed by atoms with Crippen molar-refractivity contribution < 1.29 is 26.3 Å². The van der Waals surface area contributed by atoms with Gasteiger partial charge in [0.25, 0.3) is 20.0 Å². The molecule has 2 aromatic heterocycles. The Kier molecular flexibility index (Phi) is 7.59. The topological polar surface area (TPSA) is 140 Å². The Labute approximate surface area is 213 Å². The molecule has 0 aliphatic carbocycles. The molecule has 0 aliphatic rings. The van der Waals surface area contributed by atoms with Gasteiger partial charge in [-0.1, -0.05) is 29.3 Å². The maximum atomic E-state index is 13.9. The van der Waals surface area contributed by atoms with Crippen molar-refractivity contribution in [1.82, 2.24) is 9.97 Å². The second-order valence-corrected chi connectivity index (χ2v) is 11.7. The summed E-state index contributed by atoms with van der Waals surface area (Å²) >= 11 is 15.1. The van der Waals surface area contributed by atoms with Gasteiger partial charge in [0, 0.05) is 16.9 Å². The maximum absolute atomic E-state index is 13.9. The Morgan fingerprint density at radius 2 is 1.41 bits per heavy atom. The van der Waals surface area contributed by atoms with Crippen LogP contribution in [0.4, 0.5) is 5.69 Å². The van der Waals surface area contributed by atoms with Gasteiger partial charge in [0.05, 0.1) is 35.5 Å². The van der Waals surface area contributed by atoms with Crippen LogP contribution in [0.25, 0.3) is 0 Å². The first-order valence-electron chi connectivity index (χ1n) is 8.87. The van der Waals surface area contributed by atoms with Gasteiger partial charge in [-0.25, -0.2) is 9.97 Å². The van der Waals surface area contributed by atoms with Gasteiger partial charge < -0.3 is 9.47 Å². The Morgan fingerprint density at radius 1 is 0.941 bits per heavy atom. The average molecular weight is 608 g/mol. The van der Waals surface area contributed by atoms with E-state index in [0.717, 1.165) is 44.8 Å². The van der Waals surface area contributed by atoms with Crippen molar-refractivity contribution in [2.75, 3.05) is 17.9 Å². The maximum Gasteiger partial charge on any atom is 0.283 e. The number of ether oxygens (including phenoxy) is 2. The normalized spacial score (nSPS) is 11.5. The van der Waals surface area contributed by atoms with E-state index in [9.17, 15) is 22.1 Å². The predicted molar refractivity (Wildman–Crippen MR) is 127 cm³/mol. The Balaban J connectivity index is 2.48. The molecule has 34 heavy (non-hydrogen) atoms. The van der Waals surface area contributed by atoms with E-state index in [4.69, 9.17) is 32.7 Å². The minimum Gasteiger partial charge on any atom is -0.480 e. The van der Waals surface area contributed by atoms with Gasteiger partial charge in [0.15, 0.2) is 9.79 Å². The van der Waals surface area contributed by atoms with Crippen LogP contribution in [0.2, 0.25) is 10.0 Å². The van der Waals surface area contributed by atoms with Gasteiger partial charge in [-0.2, -0.15) is 25.8 Å². The molecule has 0 aliphatic heterocycles. The molecule has 10 nitrogen and oxygen atoms in total. The number of pyridine rings is 2. The number of rotatable bonds is 7. The molecular formula is C19H13BrCl2N4O6S2. The van der Waals surface area contributed by atoms with E-state index in [2.05, 4.69) is 25.9 Å². The van der Waals surface area contributed by atoms with Crippen LogP contribution in [0.15, 0.2) is 57.0 Å². The quantitative estimate of drug-likeness (QED) is 0.389. The molecule has 0 fully saturated rings. The molecule has 0 atom stereocenters. The summed E-state index contributed by atoms with van der Waals surface area (Å²) in [7, 11) is -7.77. The lowest BCUT2D eigenvalue weighted by Crippen LogP contribution is -2.38. The van der Waals surface area contributed by atoms with E-state index < -0.39 is 47.3 Å². The summed E-state index contributed by atoms with van der Waals surface area (Å²) in [5.41, 5.74) is -0.765. The fraction of sp³-hybridized carbons (Fsp3) is 0.105. The van der Waals surface area contributed by atoms with Gasteiger partial charge in [-0.3, -0.25) is 0 Å². The molecule has 2 heterocycles. The van der Waals surface area contributed by atoms with Crippen LogP contribution in [0, 0.1) is 11.3 Å². The number of aromatic nitrogens is 2. The third-order valence-corrected chi connectivity index (χ3v) is 9.46. The van der Waals surface area contributed by atoms with E-state index in [-0.39, 0.29) is 23.8 Å². The highest BCUT2D eigenvalue weighted by Crippen LogP contribution is 2.40. The number of benzene rings is 1. The highest BCUT2D eigenvalue weighted by molar-refractivity contribution is 9.10. The second-order valence-electron chi connectivity index (χ2n) is 6.27.